The Labute approximate surface area is 159 Å². The lowest BCUT2D eigenvalue weighted by Gasteiger charge is -2.21. The van der Waals surface area contributed by atoms with E-state index in [4.69, 9.17) is 9.84 Å². The molecule has 1 aromatic carbocycles. The van der Waals surface area contributed by atoms with Gasteiger partial charge in [-0.3, -0.25) is 14.3 Å². The monoisotopic (exact) mass is 373 g/mol. The van der Waals surface area contributed by atoms with Crippen LogP contribution in [0.5, 0.6) is 5.75 Å². The fourth-order valence-corrected chi connectivity index (χ4v) is 2.70. The number of carboxylic acids is 1. The van der Waals surface area contributed by atoms with Crippen molar-refractivity contribution in [2.75, 3.05) is 6.61 Å². The first-order valence-corrected chi connectivity index (χ1v) is 8.95. The molecular weight excluding hydrogens is 346 g/mol. The second-order valence-corrected chi connectivity index (χ2v) is 7.40. The zero-order valence-corrected chi connectivity index (χ0v) is 16.3. The van der Waals surface area contributed by atoms with E-state index in [0.29, 0.717) is 30.9 Å². The van der Waals surface area contributed by atoms with Gasteiger partial charge in [-0.1, -0.05) is 12.1 Å². The summed E-state index contributed by atoms with van der Waals surface area (Å²) in [4.78, 5) is 22.9. The highest BCUT2D eigenvalue weighted by molar-refractivity contribution is 5.95. The van der Waals surface area contributed by atoms with Crippen LogP contribution in [0.25, 0.3) is 0 Å². The normalized spacial score (nSPS) is 11.3. The number of aromatic nitrogens is 2. The molecule has 0 aliphatic rings. The minimum atomic E-state index is -0.826. The molecule has 7 heteroatoms. The number of aliphatic carboxylic acids is 1. The molecule has 1 amide bonds. The van der Waals surface area contributed by atoms with E-state index in [1.807, 2.05) is 56.6 Å². The fourth-order valence-electron chi connectivity index (χ4n) is 2.70. The number of amides is 1. The highest BCUT2D eigenvalue weighted by atomic mass is 16.5. The summed E-state index contributed by atoms with van der Waals surface area (Å²) in [7, 11) is 0. The van der Waals surface area contributed by atoms with Gasteiger partial charge in [-0.2, -0.15) is 5.10 Å². The van der Waals surface area contributed by atoms with Crippen molar-refractivity contribution < 1.29 is 19.4 Å². The Morgan fingerprint density at radius 2 is 1.89 bits per heavy atom. The number of hydrogen-bond donors (Lipinski definition) is 2. The molecule has 0 saturated carbocycles. The van der Waals surface area contributed by atoms with Crippen LogP contribution in [-0.2, 0) is 16.9 Å². The van der Waals surface area contributed by atoms with E-state index in [1.165, 1.54) is 0 Å². The van der Waals surface area contributed by atoms with Gasteiger partial charge in [-0.05, 0) is 51.8 Å². The molecule has 0 saturated heterocycles. The maximum Gasteiger partial charge on any atom is 0.303 e. The summed E-state index contributed by atoms with van der Waals surface area (Å²) in [5.74, 6) is -0.303. The summed E-state index contributed by atoms with van der Waals surface area (Å²) < 4.78 is 7.34. The predicted octanol–water partition coefficient (Wildman–Crippen LogP) is 3.12. The summed E-state index contributed by atoms with van der Waals surface area (Å²) in [5, 5.41) is 15.8. The number of benzene rings is 1. The van der Waals surface area contributed by atoms with Crippen molar-refractivity contribution >= 4 is 11.9 Å². The summed E-state index contributed by atoms with van der Waals surface area (Å²) in [6, 6.07) is 7.37. The fraction of sp³-hybridized carbons (Fsp3) is 0.450. The van der Waals surface area contributed by atoms with Crippen molar-refractivity contribution in [2.24, 2.45) is 0 Å². The van der Waals surface area contributed by atoms with Gasteiger partial charge in [0.1, 0.15) is 5.75 Å². The Kier molecular flexibility index (Phi) is 6.60. The average molecular weight is 373 g/mol. The second-order valence-electron chi connectivity index (χ2n) is 7.40. The number of carbonyl (C=O) groups is 2. The van der Waals surface area contributed by atoms with E-state index in [1.54, 1.807) is 6.20 Å². The number of ether oxygens (including phenoxy) is 1. The lowest BCUT2D eigenvalue weighted by atomic mass is 10.1. The Hall–Kier alpha value is -2.83. The Morgan fingerprint density at radius 3 is 2.44 bits per heavy atom. The Morgan fingerprint density at radius 1 is 1.22 bits per heavy atom. The number of rotatable bonds is 8. The minimum Gasteiger partial charge on any atom is -0.494 e. The molecule has 0 bridgehead atoms. The Balaban J connectivity index is 1.87. The van der Waals surface area contributed by atoms with Crippen LogP contribution in [0.1, 0.15) is 55.2 Å². The Bertz CT molecular complexity index is 789. The van der Waals surface area contributed by atoms with E-state index in [9.17, 15) is 9.59 Å². The molecule has 0 aliphatic heterocycles. The zero-order chi connectivity index (χ0) is 20.0. The van der Waals surface area contributed by atoms with Crippen LogP contribution < -0.4 is 10.1 Å². The van der Waals surface area contributed by atoms with E-state index < -0.39 is 5.97 Å². The number of hydrogen-bond acceptors (Lipinski definition) is 4. The van der Waals surface area contributed by atoms with Gasteiger partial charge in [0.25, 0.3) is 5.91 Å². The number of carbonyl (C=O) groups excluding carboxylic acids is 1. The van der Waals surface area contributed by atoms with Crippen LogP contribution in [0, 0.1) is 6.92 Å². The van der Waals surface area contributed by atoms with Crippen molar-refractivity contribution in [3.8, 4) is 5.75 Å². The van der Waals surface area contributed by atoms with Crippen LogP contribution in [0.2, 0.25) is 0 Å². The van der Waals surface area contributed by atoms with Gasteiger partial charge >= 0.3 is 5.97 Å². The van der Waals surface area contributed by atoms with Gasteiger partial charge < -0.3 is 15.2 Å². The zero-order valence-electron chi connectivity index (χ0n) is 16.3. The van der Waals surface area contributed by atoms with Crippen molar-refractivity contribution in [3.63, 3.8) is 0 Å². The van der Waals surface area contributed by atoms with Gasteiger partial charge in [0.05, 0.1) is 23.9 Å². The lowest BCUT2D eigenvalue weighted by molar-refractivity contribution is -0.137. The topological polar surface area (TPSA) is 93.4 Å². The SMILES string of the molecule is Cc1c(C(=O)NCc2ccc(OCCCC(=O)O)cc2)cnn1C(C)(C)C. The van der Waals surface area contributed by atoms with E-state index >= 15 is 0 Å². The maximum atomic E-state index is 12.4. The molecule has 146 valence electrons. The van der Waals surface area contributed by atoms with Crippen LogP contribution >= 0.6 is 0 Å². The molecule has 0 aliphatic carbocycles. The highest BCUT2D eigenvalue weighted by Crippen LogP contribution is 2.18. The largest absolute Gasteiger partial charge is 0.494 e. The molecule has 0 fully saturated rings. The molecule has 0 radical (unpaired) electrons. The third-order valence-electron chi connectivity index (χ3n) is 4.07. The van der Waals surface area contributed by atoms with Crippen molar-refractivity contribution in [2.45, 2.75) is 52.6 Å². The quantitative estimate of drug-likeness (QED) is 0.694. The van der Waals surface area contributed by atoms with E-state index in [-0.39, 0.29) is 17.9 Å². The molecule has 2 aromatic rings. The minimum absolute atomic E-state index is 0.0926. The molecule has 2 rings (SSSR count). The molecule has 1 heterocycles. The van der Waals surface area contributed by atoms with Gasteiger partial charge in [0, 0.05) is 18.7 Å². The summed E-state index contributed by atoms with van der Waals surface area (Å²) in [5.41, 5.74) is 2.18. The van der Waals surface area contributed by atoms with Crippen molar-refractivity contribution in [1.29, 1.82) is 0 Å². The van der Waals surface area contributed by atoms with Crippen molar-refractivity contribution in [3.05, 3.63) is 47.3 Å². The van der Waals surface area contributed by atoms with Gasteiger partial charge in [0.15, 0.2) is 0 Å². The van der Waals surface area contributed by atoms with Gasteiger partial charge in [0.2, 0.25) is 0 Å². The molecule has 2 N–H and O–H groups in total. The summed E-state index contributed by atoms with van der Waals surface area (Å²) in [6.45, 7) is 8.78. The molecule has 27 heavy (non-hydrogen) atoms. The molecule has 0 spiro atoms. The molecule has 7 nitrogen and oxygen atoms in total. The first-order valence-electron chi connectivity index (χ1n) is 8.95. The highest BCUT2D eigenvalue weighted by Gasteiger charge is 2.21. The van der Waals surface area contributed by atoms with Crippen LogP contribution in [0.15, 0.2) is 30.5 Å². The second kappa shape index (κ2) is 8.70. The summed E-state index contributed by atoms with van der Waals surface area (Å²) in [6.07, 6.45) is 2.16. The average Bonchev–Trinajstić information content (AvgIpc) is 2.99. The van der Waals surface area contributed by atoms with Crippen molar-refractivity contribution in [1.82, 2.24) is 15.1 Å². The van der Waals surface area contributed by atoms with Gasteiger partial charge in [-0.15, -0.1) is 0 Å². The van der Waals surface area contributed by atoms with Gasteiger partial charge in [-0.25, -0.2) is 0 Å². The molecule has 1 aromatic heterocycles. The third-order valence-corrected chi connectivity index (χ3v) is 4.07. The van der Waals surface area contributed by atoms with Crippen LogP contribution in [0.4, 0.5) is 0 Å². The third kappa shape index (κ3) is 5.84. The number of nitrogens with zero attached hydrogens (tertiary/aromatic N) is 2. The maximum absolute atomic E-state index is 12.4. The van der Waals surface area contributed by atoms with E-state index in [0.717, 1.165) is 11.3 Å². The predicted molar refractivity (Wildman–Crippen MR) is 102 cm³/mol. The summed E-state index contributed by atoms with van der Waals surface area (Å²) >= 11 is 0. The lowest BCUT2D eigenvalue weighted by Crippen LogP contribution is -2.26. The van der Waals surface area contributed by atoms with E-state index in [2.05, 4.69) is 10.4 Å². The molecule has 0 unspecified atom stereocenters. The number of carboxylic acid groups (broad SMARTS) is 1. The first-order chi connectivity index (χ1) is 12.7. The standard InChI is InChI=1S/C20H27N3O4/c1-14-17(13-22-23(14)20(2,3)4)19(26)21-12-15-7-9-16(10-8-15)27-11-5-6-18(24)25/h7-10,13H,5-6,11-12H2,1-4H3,(H,21,26)(H,24,25). The van der Waals surface area contributed by atoms with Crippen LogP contribution in [0.3, 0.4) is 0 Å². The number of nitrogens with one attached hydrogen (secondary N) is 1. The smallest absolute Gasteiger partial charge is 0.303 e. The van der Waals surface area contributed by atoms with Crippen LogP contribution in [-0.4, -0.2) is 33.4 Å². The molecule has 0 atom stereocenters. The molecular formula is C20H27N3O4. The first kappa shape index (κ1) is 20.5.